The van der Waals surface area contributed by atoms with Crippen molar-refractivity contribution in [3.05, 3.63) is 75.5 Å². The van der Waals surface area contributed by atoms with E-state index in [0.717, 1.165) is 70.9 Å². The van der Waals surface area contributed by atoms with Crippen LogP contribution in [0.3, 0.4) is 0 Å². The second-order valence-corrected chi connectivity index (χ2v) is 18.2. The van der Waals surface area contributed by atoms with E-state index < -0.39 is 29.5 Å². The van der Waals surface area contributed by atoms with Gasteiger partial charge in [0.2, 0.25) is 11.8 Å². The van der Waals surface area contributed by atoms with E-state index in [-0.39, 0.29) is 47.1 Å². The van der Waals surface area contributed by atoms with Gasteiger partial charge < -0.3 is 29.5 Å². The van der Waals surface area contributed by atoms with Gasteiger partial charge in [0, 0.05) is 64.2 Å². The first-order chi connectivity index (χ1) is 29.2. The smallest absolute Gasteiger partial charge is 0.408 e. The molecule has 330 valence electrons. The third kappa shape index (κ3) is 11.0. The summed E-state index contributed by atoms with van der Waals surface area (Å²) in [5.74, 6) is -0.927. The van der Waals surface area contributed by atoms with Gasteiger partial charge in [-0.3, -0.25) is 24.1 Å². The van der Waals surface area contributed by atoms with Gasteiger partial charge in [-0.05, 0) is 95.9 Å². The van der Waals surface area contributed by atoms with E-state index in [2.05, 4.69) is 20.4 Å². The van der Waals surface area contributed by atoms with Crippen molar-refractivity contribution in [1.29, 1.82) is 0 Å². The quantitative estimate of drug-likeness (QED) is 0.278. The molecular formula is C46H62FN7O7. The van der Waals surface area contributed by atoms with Gasteiger partial charge in [0.05, 0.1) is 34.9 Å². The van der Waals surface area contributed by atoms with Crippen LogP contribution in [0.15, 0.2) is 47.3 Å². The third-order valence-electron chi connectivity index (χ3n) is 12.9. The summed E-state index contributed by atoms with van der Waals surface area (Å²) >= 11 is 0. The Labute approximate surface area is 357 Å². The van der Waals surface area contributed by atoms with E-state index in [4.69, 9.17) is 9.47 Å². The number of ether oxygens (including phenoxy) is 2. The molecule has 4 amide bonds. The number of H-pyrrole nitrogens is 1. The lowest BCUT2D eigenvalue weighted by molar-refractivity contribution is -0.142. The maximum atomic E-state index is 15.1. The number of piperazine rings is 1. The third-order valence-corrected chi connectivity index (χ3v) is 12.9. The number of carbonyl (C=O) groups is 4. The van der Waals surface area contributed by atoms with Gasteiger partial charge in [-0.15, -0.1) is 0 Å². The van der Waals surface area contributed by atoms with Crippen molar-refractivity contribution >= 4 is 34.6 Å². The molecule has 3 saturated heterocycles. The van der Waals surface area contributed by atoms with Gasteiger partial charge in [0.1, 0.15) is 17.5 Å². The Bertz CT molecular complexity index is 2090. The molecule has 0 bridgehead atoms. The molecule has 1 saturated carbocycles. The Kier molecular flexibility index (Phi) is 14.1. The first kappa shape index (κ1) is 44.2. The molecule has 4 heterocycles. The minimum Gasteiger partial charge on any atom is -0.444 e. The number of amides is 4. The molecule has 61 heavy (non-hydrogen) atoms. The number of likely N-dealkylation sites (tertiary alicyclic amines) is 2. The second kappa shape index (κ2) is 19.4. The van der Waals surface area contributed by atoms with Crippen molar-refractivity contribution in [1.82, 2.24) is 35.1 Å². The van der Waals surface area contributed by atoms with Crippen molar-refractivity contribution in [3.63, 3.8) is 0 Å². The number of hydrogen-bond acceptors (Lipinski definition) is 9. The normalized spacial score (nSPS) is 20.0. The monoisotopic (exact) mass is 843 g/mol. The van der Waals surface area contributed by atoms with Crippen LogP contribution in [0.25, 0.3) is 10.8 Å². The molecule has 7 rings (SSSR count). The van der Waals surface area contributed by atoms with Crippen LogP contribution in [0.4, 0.5) is 9.18 Å². The average molecular weight is 844 g/mol. The summed E-state index contributed by atoms with van der Waals surface area (Å²) in [7, 11) is 0. The van der Waals surface area contributed by atoms with Crippen molar-refractivity contribution in [2.24, 2.45) is 5.92 Å². The predicted octanol–water partition coefficient (Wildman–Crippen LogP) is 5.27. The van der Waals surface area contributed by atoms with Crippen LogP contribution in [0, 0.1) is 11.7 Å². The zero-order valence-electron chi connectivity index (χ0n) is 36.1. The van der Waals surface area contributed by atoms with Gasteiger partial charge in [0.15, 0.2) is 0 Å². The number of halogens is 1. The Balaban J connectivity index is 0.845. The number of nitrogens with zero attached hydrogens (tertiary/aromatic N) is 5. The van der Waals surface area contributed by atoms with E-state index in [9.17, 15) is 24.0 Å². The van der Waals surface area contributed by atoms with Crippen molar-refractivity contribution in [2.45, 2.75) is 122 Å². The SMILES string of the molecule is CC(C(=O)N1CCN(C(=O)c2cc(Cc3n[nH]c(=O)c4ccccc34)ccc2F)CC1)N1CCC(OC2CCN(C(=O)[C@H](NC(=O)OC(C)(C)C)C3CCCCC3)CC2)CC1. The fourth-order valence-electron chi connectivity index (χ4n) is 9.43. The molecule has 2 aromatic carbocycles. The molecule has 2 N–H and O–H groups in total. The molecule has 15 heteroatoms. The van der Waals surface area contributed by atoms with Crippen molar-refractivity contribution < 1.29 is 33.0 Å². The number of alkyl carbamates (subject to hydrolysis) is 1. The highest BCUT2D eigenvalue weighted by molar-refractivity contribution is 5.95. The van der Waals surface area contributed by atoms with Crippen LogP contribution in [0.1, 0.15) is 107 Å². The molecule has 3 aromatic rings. The summed E-state index contributed by atoms with van der Waals surface area (Å²) in [5.41, 5.74) is 0.358. The standard InChI is InChI=1S/C46H62FN7O7/c1-30(42(56)53-24-26-54(27-25-53)43(57)37-28-31(14-15-38(37)47)29-39-35-12-8-9-13-36(35)41(55)50-49-39)51-20-16-33(17-21-51)60-34-18-22-52(23-19-34)44(58)40(32-10-6-5-7-11-32)48-45(59)61-46(2,3)4/h8-9,12-15,28,30,32-34,40H,5-7,10-11,16-27,29H2,1-4H3,(H,48,59)(H,50,55)/t30?,40-/m1/s1. The molecule has 4 aliphatic rings. The summed E-state index contributed by atoms with van der Waals surface area (Å²) in [6.45, 7) is 11.4. The number of nitrogens with one attached hydrogen (secondary N) is 2. The first-order valence-corrected chi connectivity index (χ1v) is 22.2. The number of carbonyl (C=O) groups excluding carboxylic acids is 4. The highest BCUT2D eigenvalue weighted by atomic mass is 19.1. The Morgan fingerprint density at radius 3 is 2.07 bits per heavy atom. The van der Waals surface area contributed by atoms with E-state index >= 15 is 4.39 Å². The molecule has 4 fully saturated rings. The number of benzene rings is 2. The topological polar surface area (TPSA) is 157 Å². The maximum Gasteiger partial charge on any atom is 0.408 e. The van der Waals surface area contributed by atoms with Gasteiger partial charge >= 0.3 is 6.09 Å². The van der Waals surface area contributed by atoms with E-state index in [1.54, 1.807) is 34.1 Å². The summed E-state index contributed by atoms with van der Waals surface area (Å²) in [6.07, 6.45) is 8.10. The predicted molar refractivity (Wildman–Crippen MR) is 229 cm³/mol. The fourth-order valence-corrected chi connectivity index (χ4v) is 9.43. The van der Waals surface area contributed by atoms with Crippen LogP contribution in [0.5, 0.6) is 0 Å². The van der Waals surface area contributed by atoms with Crippen LogP contribution in [-0.4, -0.2) is 136 Å². The summed E-state index contributed by atoms with van der Waals surface area (Å²) in [5, 5.41) is 10.9. The van der Waals surface area contributed by atoms with Crippen LogP contribution < -0.4 is 10.9 Å². The minimum atomic E-state index is -0.645. The van der Waals surface area contributed by atoms with E-state index in [1.165, 1.54) is 6.07 Å². The van der Waals surface area contributed by atoms with Gasteiger partial charge in [-0.25, -0.2) is 14.3 Å². The lowest BCUT2D eigenvalue weighted by atomic mass is 9.83. The van der Waals surface area contributed by atoms with E-state index in [1.807, 2.05) is 44.7 Å². The molecule has 0 spiro atoms. The lowest BCUT2D eigenvalue weighted by Crippen LogP contribution is -2.56. The Morgan fingerprint density at radius 2 is 1.41 bits per heavy atom. The van der Waals surface area contributed by atoms with Gasteiger partial charge in [-0.2, -0.15) is 5.10 Å². The maximum absolute atomic E-state index is 15.1. The molecule has 2 atom stereocenters. The number of hydrogen-bond donors (Lipinski definition) is 2. The van der Waals surface area contributed by atoms with Crippen LogP contribution >= 0.6 is 0 Å². The van der Waals surface area contributed by atoms with Gasteiger partial charge in [0.25, 0.3) is 11.5 Å². The zero-order valence-corrected chi connectivity index (χ0v) is 36.1. The fraction of sp³-hybridized carbons (Fsp3) is 0.609. The van der Waals surface area contributed by atoms with Crippen molar-refractivity contribution in [3.8, 4) is 0 Å². The molecule has 1 aromatic heterocycles. The first-order valence-electron chi connectivity index (χ1n) is 22.2. The number of aromatic nitrogens is 2. The molecule has 3 aliphatic heterocycles. The van der Waals surface area contributed by atoms with Crippen LogP contribution in [0.2, 0.25) is 0 Å². The minimum absolute atomic E-state index is 0.0185. The van der Waals surface area contributed by atoms with Crippen molar-refractivity contribution in [2.75, 3.05) is 52.4 Å². The zero-order chi connectivity index (χ0) is 43.3. The molecule has 0 radical (unpaired) electrons. The largest absolute Gasteiger partial charge is 0.444 e. The van der Waals surface area contributed by atoms with Crippen LogP contribution in [-0.2, 0) is 25.5 Å². The molecule has 1 unspecified atom stereocenters. The Hall–Kier alpha value is -4.89. The van der Waals surface area contributed by atoms with Gasteiger partial charge in [-0.1, -0.05) is 43.5 Å². The summed E-state index contributed by atoms with van der Waals surface area (Å²) in [6, 6.07) is 10.7. The highest BCUT2D eigenvalue weighted by Crippen LogP contribution is 2.30. The number of piperidine rings is 2. The lowest BCUT2D eigenvalue weighted by Gasteiger charge is -2.41. The molecule has 1 aliphatic carbocycles. The molecular weight excluding hydrogens is 782 g/mol. The number of fused-ring (bicyclic) bond motifs is 1. The molecule has 14 nitrogen and oxygen atoms in total. The number of aromatic amines is 1. The highest BCUT2D eigenvalue weighted by Gasteiger charge is 2.38. The average Bonchev–Trinajstić information content (AvgIpc) is 3.26. The number of rotatable bonds is 10. The van der Waals surface area contributed by atoms with E-state index in [0.29, 0.717) is 67.7 Å². The Morgan fingerprint density at radius 1 is 0.803 bits per heavy atom. The second-order valence-electron chi connectivity index (χ2n) is 18.2. The summed E-state index contributed by atoms with van der Waals surface area (Å²) in [4.78, 5) is 73.6. The summed E-state index contributed by atoms with van der Waals surface area (Å²) < 4.78 is 27.2.